The van der Waals surface area contributed by atoms with Crippen molar-refractivity contribution in [3.05, 3.63) is 64.7 Å². The maximum Gasteiger partial charge on any atom is 0.416 e. The van der Waals surface area contributed by atoms with Crippen LogP contribution in [0.3, 0.4) is 0 Å². The van der Waals surface area contributed by atoms with E-state index in [0.717, 1.165) is 23.8 Å². The van der Waals surface area contributed by atoms with Gasteiger partial charge in [0.25, 0.3) is 0 Å². The summed E-state index contributed by atoms with van der Waals surface area (Å²) in [7, 11) is 0. The van der Waals surface area contributed by atoms with Gasteiger partial charge in [-0.15, -0.1) is 0 Å². The van der Waals surface area contributed by atoms with Crippen LogP contribution in [0.1, 0.15) is 31.1 Å². The van der Waals surface area contributed by atoms with Gasteiger partial charge >= 0.3 is 12.2 Å². The van der Waals surface area contributed by atoms with E-state index in [1.54, 1.807) is 13.8 Å². The summed E-state index contributed by atoms with van der Waals surface area (Å²) in [5.74, 6) is -0.848. The Hall–Kier alpha value is -2.29. The van der Waals surface area contributed by atoms with Gasteiger partial charge in [0.2, 0.25) is 0 Å². The topological polar surface area (TPSA) is 59.6 Å². The van der Waals surface area contributed by atoms with Crippen LogP contribution in [-0.2, 0) is 15.7 Å². The molecule has 0 bridgehead atoms. The first-order valence-electron chi connectivity index (χ1n) is 8.86. The van der Waals surface area contributed by atoms with Crippen molar-refractivity contribution >= 4 is 23.3 Å². The number of ether oxygens (including phenoxy) is 2. The summed E-state index contributed by atoms with van der Waals surface area (Å²) in [5, 5.41) is 5.06. The molecule has 2 unspecified atom stereocenters. The van der Waals surface area contributed by atoms with E-state index < -0.39 is 35.7 Å². The molecular formula is C20H20ClF3N2O3. The molecule has 1 aliphatic rings. The zero-order valence-corrected chi connectivity index (χ0v) is 16.5. The van der Waals surface area contributed by atoms with Gasteiger partial charge in [0.15, 0.2) is 5.79 Å². The highest BCUT2D eigenvalue weighted by Gasteiger charge is 2.38. The zero-order chi connectivity index (χ0) is 21.2. The molecule has 0 saturated carbocycles. The SMILES string of the molecule is CC1(C)OCC(NC(=O)Nc2cc(C(F)(F)F)ccc2Cl)C(c2ccccc2)O1. The first-order valence-corrected chi connectivity index (χ1v) is 9.24. The number of rotatable bonds is 3. The van der Waals surface area contributed by atoms with Gasteiger partial charge in [0.1, 0.15) is 6.10 Å². The maximum absolute atomic E-state index is 12.9. The normalized spacial score (nSPS) is 21.4. The van der Waals surface area contributed by atoms with Crippen LogP contribution in [0.5, 0.6) is 0 Å². The van der Waals surface area contributed by atoms with Crippen LogP contribution in [0.15, 0.2) is 48.5 Å². The predicted molar refractivity (Wildman–Crippen MR) is 103 cm³/mol. The molecule has 29 heavy (non-hydrogen) atoms. The van der Waals surface area contributed by atoms with E-state index in [0.29, 0.717) is 0 Å². The van der Waals surface area contributed by atoms with Crippen LogP contribution in [0.4, 0.5) is 23.7 Å². The summed E-state index contributed by atoms with van der Waals surface area (Å²) in [4.78, 5) is 12.5. The first kappa shape index (κ1) is 21.4. The summed E-state index contributed by atoms with van der Waals surface area (Å²) in [5.41, 5.74) is -0.218. The monoisotopic (exact) mass is 428 g/mol. The highest BCUT2D eigenvalue weighted by molar-refractivity contribution is 6.33. The number of nitrogens with one attached hydrogen (secondary N) is 2. The summed E-state index contributed by atoms with van der Waals surface area (Å²) in [6.45, 7) is 3.69. The molecule has 156 valence electrons. The lowest BCUT2D eigenvalue weighted by atomic mass is 10.0. The Morgan fingerprint density at radius 1 is 1.17 bits per heavy atom. The van der Waals surface area contributed by atoms with Crippen LogP contribution in [0, 0.1) is 0 Å². The van der Waals surface area contributed by atoms with Crippen LogP contribution < -0.4 is 10.6 Å². The van der Waals surface area contributed by atoms with Crippen molar-refractivity contribution in [1.82, 2.24) is 5.32 Å². The van der Waals surface area contributed by atoms with Crippen LogP contribution >= 0.6 is 11.6 Å². The first-order chi connectivity index (χ1) is 13.5. The van der Waals surface area contributed by atoms with Gasteiger partial charge in [0, 0.05) is 0 Å². The third-order valence-corrected chi connectivity index (χ3v) is 4.70. The van der Waals surface area contributed by atoms with E-state index in [1.807, 2.05) is 30.3 Å². The van der Waals surface area contributed by atoms with Crippen molar-refractivity contribution < 1.29 is 27.4 Å². The number of alkyl halides is 3. The molecular weight excluding hydrogens is 409 g/mol. The molecule has 9 heteroatoms. The molecule has 2 aromatic carbocycles. The number of hydrogen-bond acceptors (Lipinski definition) is 3. The molecule has 2 N–H and O–H groups in total. The minimum Gasteiger partial charge on any atom is -0.348 e. The van der Waals surface area contributed by atoms with Crippen LogP contribution in [-0.4, -0.2) is 24.5 Å². The number of carbonyl (C=O) groups excluding carboxylic acids is 1. The van der Waals surface area contributed by atoms with Crippen LogP contribution in [0.25, 0.3) is 0 Å². The summed E-state index contributed by atoms with van der Waals surface area (Å²) < 4.78 is 50.4. The molecule has 2 amide bonds. The maximum atomic E-state index is 12.9. The minimum absolute atomic E-state index is 0.00923. The largest absolute Gasteiger partial charge is 0.416 e. The van der Waals surface area contributed by atoms with Crippen molar-refractivity contribution in [2.45, 2.75) is 38.0 Å². The lowest BCUT2D eigenvalue weighted by molar-refractivity contribution is -0.284. The second-order valence-electron chi connectivity index (χ2n) is 7.06. The van der Waals surface area contributed by atoms with E-state index in [2.05, 4.69) is 10.6 Å². The van der Waals surface area contributed by atoms with Gasteiger partial charge in [-0.1, -0.05) is 41.9 Å². The molecule has 1 aliphatic heterocycles. The Labute approximate surface area is 171 Å². The molecule has 0 aromatic heterocycles. The van der Waals surface area contributed by atoms with Crippen molar-refractivity contribution in [1.29, 1.82) is 0 Å². The van der Waals surface area contributed by atoms with Gasteiger partial charge in [-0.3, -0.25) is 0 Å². The molecule has 1 fully saturated rings. The smallest absolute Gasteiger partial charge is 0.348 e. The number of urea groups is 1. The van der Waals surface area contributed by atoms with Crippen molar-refractivity contribution in [3.63, 3.8) is 0 Å². The lowest BCUT2D eigenvalue weighted by Crippen LogP contribution is -2.52. The highest BCUT2D eigenvalue weighted by Crippen LogP contribution is 2.35. The Bertz CT molecular complexity index is 875. The molecule has 0 radical (unpaired) electrons. The average Bonchev–Trinajstić information content (AvgIpc) is 2.64. The van der Waals surface area contributed by atoms with Crippen molar-refractivity contribution in [2.24, 2.45) is 0 Å². The Kier molecular flexibility index (Phi) is 6.07. The number of carbonyl (C=O) groups is 1. The van der Waals surface area contributed by atoms with E-state index in [4.69, 9.17) is 21.1 Å². The standard InChI is InChI=1S/C20H20ClF3N2O3/c1-19(2)28-11-16(17(29-19)12-6-4-3-5-7-12)26-18(27)25-15-10-13(20(22,23)24)8-9-14(15)21/h3-10,16-17H,11H2,1-2H3,(H2,25,26,27). The number of anilines is 1. The van der Waals surface area contributed by atoms with Gasteiger partial charge in [-0.2, -0.15) is 13.2 Å². The second-order valence-corrected chi connectivity index (χ2v) is 7.46. The van der Waals surface area contributed by atoms with E-state index >= 15 is 0 Å². The van der Waals surface area contributed by atoms with Gasteiger partial charge in [-0.05, 0) is 37.6 Å². The lowest BCUT2D eigenvalue weighted by Gasteiger charge is -2.41. The van der Waals surface area contributed by atoms with Gasteiger partial charge in [-0.25, -0.2) is 4.79 Å². The van der Waals surface area contributed by atoms with Crippen LogP contribution in [0.2, 0.25) is 5.02 Å². The van der Waals surface area contributed by atoms with Crippen molar-refractivity contribution in [2.75, 3.05) is 11.9 Å². The number of benzene rings is 2. The fraction of sp³-hybridized carbons (Fsp3) is 0.350. The Balaban J connectivity index is 1.75. The third kappa shape index (κ3) is 5.41. The van der Waals surface area contributed by atoms with E-state index in [-0.39, 0.29) is 17.3 Å². The quantitative estimate of drug-likeness (QED) is 0.690. The predicted octanol–water partition coefficient (Wildman–Crippen LogP) is 5.37. The number of amides is 2. The third-order valence-electron chi connectivity index (χ3n) is 4.37. The molecule has 2 aromatic rings. The number of hydrogen-bond donors (Lipinski definition) is 2. The number of halogens is 4. The summed E-state index contributed by atoms with van der Waals surface area (Å²) in [6.07, 6.45) is -5.05. The molecule has 0 aliphatic carbocycles. The van der Waals surface area contributed by atoms with Gasteiger partial charge in [0.05, 0.1) is 28.9 Å². The average molecular weight is 429 g/mol. The minimum atomic E-state index is -4.55. The van der Waals surface area contributed by atoms with E-state index in [1.165, 1.54) is 0 Å². The molecule has 0 spiro atoms. The summed E-state index contributed by atoms with van der Waals surface area (Å²) in [6, 6.07) is 10.7. The van der Waals surface area contributed by atoms with E-state index in [9.17, 15) is 18.0 Å². The highest BCUT2D eigenvalue weighted by atomic mass is 35.5. The summed E-state index contributed by atoms with van der Waals surface area (Å²) >= 11 is 5.94. The Morgan fingerprint density at radius 2 is 1.86 bits per heavy atom. The molecule has 1 saturated heterocycles. The molecule has 1 heterocycles. The molecule has 3 rings (SSSR count). The fourth-order valence-electron chi connectivity index (χ4n) is 2.98. The molecule has 5 nitrogen and oxygen atoms in total. The second kappa shape index (κ2) is 8.22. The fourth-order valence-corrected chi connectivity index (χ4v) is 3.15. The van der Waals surface area contributed by atoms with Gasteiger partial charge < -0.3 is 20.1 Å². The molecule has 2 atom stereocenters. The van der Waals surface area contributed by atoms with Crippen molar-refractivity contribution in [3.8, 4) is 0 Å². The zero-order valence-electron chi connectivity index (χ0n) is 15.7. The Morgan fingerprint density at radius 3 is 2.52 bits per heavy atom.